The van der Waals surface area contributed by atoms with Gasteiger partial charge in [-0.05, 0) is 51.4 Å². The Morgan fingerprint density at radius 2 is 2.18 bits per heavy atom. The van der Waals surface area contributed by atoms with E-state index < -0.39 is 0 Å². The summed E-state index contributed by atoms with van der Waals surface area (Å²) in [7, 11) is 2.05. The first-order valence-corrected chi connectivity index (χ1v) is 6.69. The molecule has 1 fully saturated rings. The Balaban J connectivity index is 2.20. The van der Waals surface area contributed by atoms with Gasteiger partial charge in [-0.3, -0.25) is 0 Å². The van der Waals surface area contributed by atoms with Crippen molar-refractivity contribution in [2.24, 2.45) is 0 Å². The van der Waals surface area contributed by atoms with E-state index in [4.69, 9.17) is 11.6 Å². The van der Waals surface area contributed by atoms with E-state index in [1.54, 1.807) is 0 Å². The van der Waals surface area contributed by atoms with Crippen LogP contribution in [0.2, 0.25) is 5.02 Å². The number of halogens is 1. The van der Waals surface area contributed by atoms with Crippen LogP contribution in [0.3, 0.4) is 0 Å². The maximum absolute atomic E-state index is 6.31. The van der Waals surface area contributed by atoms with Crippen molar-refractivity contribution >= 4 is 17.3 Å². The fourth-order valence-electron chi connectivity index (χ4n) is 2.64. The Hall–Kier alpha value is -0.730. The average molecular weight is 253 g/mol. The fourth-order valence-corrected chi connectivity index (χ4v) is 2.86. The summed E-state index contributed by atoms with van der Waals surface area (Å²) >= 11 is 6.31. The second-order valence-corrected chi connectivity index (χ2v) is 5.41. The molecule has 2 unspecified atom stereocenters. The Morgan fingerprint density at radius 1 is 1.41 bits per heavy atom. The van der Waals surface area contributed by atoms with E-state index in [-0.39, 0.29) is 0 Å². The molecular weight excluding hydrogens is 232 g/mol. The monoisotopic (exact) mass is 252 g/mol. The smallest absolute Gasteiger partial charge is 0.0639 e. The van der Waals surface area contributed by atoms with Crippen molar-refractivity contribution in [3.8, 4) is 0 Å². The minimum atomic E-state index is 0.542. The maximum Gasteiger partial charge on any atom is 0.0639 e. The van der Waals surface area contributed by atoms with Gasteiger partial charge in [0.05, 0.1) is 10.7 Å². The number of rotatable bonds is 2. The van der Waals surface area contributed by atoms with Crippen LogP contribution in [0, 0.1) is 6.92 Å². The fraction of sp³-hybridized carbons (Fsp3) is 0.571. The average Bonchev–Trinajstić information content (AvgIpc) is 2.32. The number of aryl methyl sites for hydroxylation is 1. The lowest BCUT2D eigenvalue weighted by atomic mass is 9.97. The number of nitrogens with one attached hydrogen (secondary N) is 1. The number of piperidine rings is 1. The topological polar surface area (TPSA) is 15.3 Å². The largest absolute Gasteiger partial charge is 0.367 e. The highest BCUT2D eigenvalue weighted by atomic mass is 35.5. The van der Waals surface area contributed by atoms with Crippen molar-refractivity contribution in [1.82, 2.24) is 5.32 Å². The molecule has 1 aliphatic heterocycles. The van der Waals surface area contributed by atoms with E-state index >= 15 is 0 Å². The van der Waals surface area contributed by atoms with Gasteiger partial charge in [-0.2, -0.15) is 0 Å². The normalized spacial score (nSPS) is 25.1. The maximum atomic E-state index is 6.31. The number of nitrogens with zero attached hydrogens (tertiary/aromatic N) is 1. The van der Waals surface area contributed by atoms with Crippen molar-refractivity contribution in [1.29, 1.82) is 0 Å². The molecule has 1 aliphatic rings. The number of anilines is 1. The van der Waals surface area contributed by atoms with Crippen LogP contribution in [0.1, 0.15) is 25.3 Å². The number of hydrogen-bond acceptors (Lipinski definition) is 2. The highest BCUT2D eigenvalue weighted by molar-refractivity contribution is 6.33. The summed E-state index contributed by atoms with van der Waals surface area (Å²) in [4.78, 5) is 2.43. The summed E-state index contributed by atoms with van der Waals surface area (Å²) in [5.41, 5.74) is 2.46. The van der Waals surface area contributed by atoms with Crippen LogP contribution in [-0.4, -0.2) is 25.7 Å². The molecule has 0 aromatic heterocycles. The summed E-state index contributed by atoms with van der Waals surface area (Å²) in [6.45, 7) is 5.48. The lowest BCUT2D eigenvalue weighted by molar-refractivity contribution is 0.387. The van der Waals surface area contributed by atoms with Gasteiger partial charge in [0, 0.05) is 18.6 Å². The second kappa shape index (κ2) is 5.28. The lowest BCUT2D eigenvalue weighted by Crippen LogP contribution is -2.46. The molecule has 0 spiro atoms. The first kappa shape index (κ1) is 12.7. The molecular formula is C14H21ClN2. The van der Waals surface area contributed by atoms with Gasteiger partial charge >= 0.3 is 0 Å². The summed E-state index contributed by atoms with van der Waals surface area (Å²) in [6.07, 6.45) is 2.37. The van der Waals surface area contributed by atoms with Crippen LogP contribution in [0.25, 0.3) is 0 Å². The predicted molar refractivity (Wildman–Crippen MR) is 75.1 cm³/mol. The quantitative estimate of drug-likeness (QED) is 0.870. The summed E-state index contributed by atoms with van der Waals surface area (Å²) in [6, 6.07) is 7.45. The van der Waals surface area contributed by atoms with Gasteiger partial charge < -0.3 is 10.2 Å². The molecule has 0 aliphatic carbocycles. The highest BCUT2D eigenvalue weighted by Crippen LogP contribution is 2.31. The molecule has 94 valence electrons. The summed E-state index contributed by atoms with van der Waals surface area (Å²) in [5.74, 6) is 0. The van der Waals surface area contributed by atoms with Crippen LogP contribution >= 0.6 is 11.6 Å². The molecule has 2 atom stereocenters. The second-order valence-electron chi connectivity index (χ2n) is 5.01. The third-order valence-corrected chi connectivity index (χ3v) is 4.02. The Kier molecular flexibility index (Phi) is 3.95. The van der Waals surface area contributed by atoms with Crippen LogP contribution in [0.15, 0.2) is 18.2 Å². The zero-order valence-corrected chi connectivity index (χ0v) is 11.6. The van der Waals surface area contributed by atoms with E-state index in [0.29, 0.717) is 12.1 Å². The van der Waals surface area contributed by atoms with Crippen molar-refractivity contribution in [3.05, 3.63) is 28.8 Å². The van der Waals surface area contributed by atoms with Gasteiger partial charge in [-0.25, -0.2) is 0 Å². The van der Waals surface area contributed by atoms with Crippen LogP contribution < -0.4 is 10.2 Å². The highest BCUT2D eigenvalue weighted by Gasteiger charge is 2.25. The third-order valence-electron chi connectivity index (χ3n) is 3.70. The standard InChI is InChI=1S/C14H21ClN2/c1-10-4-5-13(15)14(8-10)17-7-6-12(16-3)9-11(17)2/h4-5,8,11-12,16H,6-7,9H2,1-3H3. The van der Waals surface area contributed by atoms with Crippen LogP contribution in [0.4, 0.5) is 5.69 Å². The minimum absolute atomic E-state index is 0.542. The molecule has 1 aromatic rings. The zero-order chi connectivity index (χ0) is 12.4. The van der Waals surface area contributed by atoms with Crippen molar-refractivity contribution in [2.45, 2.75) is 38.8 Å². The van der Waals surface area contributed by atoms with Crippen molar-refractivity contribution in [2.75, 3.05) is 18.5 Å². The predicted octanol–water partition coefficient (Wildman–Crippen LogP) is 3.23. The van der Waals surface area contributed by atoms with E-state index in [1.807, 2.05) is 13.1 Å². The first-order valence-electron chi connectivity index (χ1n) is 6.32. The Bertz CT molecular complexity index is 392. The van der Waals surface area contributed by atoms with Gasteiger partial charge in [0.15, 0.2) is 0 Å². The molecule has 1 saturated heterocycles. The molecule has 2 rings (SSSR count). The Morgan fingerprint density at radius 3 is 2.82 bits per heavy atom. The van der Waals surface area contributed by atoms with Crippen LogP contribution in [-0.2, 0) is 0 Å². The van der Waals surface area contributed by atoms with Gasteiger partial charge in [0.2, 0.25) is 0 Å². The van der Waals surface area contributed by atoms with E-state index in [0.717, 1.165) is 11.6 Å². The van der Waals surface area contributed by atoms with Gasteiger partial charge in [-0.15, -0.1) is 0 Å². The number of hydrogen-bond donors (Lipinski definition) is 1. The van der Waals surface area contributed by atoms with E-state index in [1.165, 1.54) is 24.1 Å². The van der Waals surface area contributed by atoms with E-state index in [9.17, 15) is 0 Å². The van der Waals surface area contributed by atoms with Crippen molar-refractivity contribution in [3.63, 3.8) is 0 Å². The molecule has 3 heteroatoms. The molecule has 0 saturated carbocycles. The zero-order valence-electron chi connectivity index (χ0n) is 10.8. The van der Waals surface area contributed by atoms with Gasteiger partial charge in [0.25, 0.3) is 0 Å². The summed E-state index contributed by atoms with van der Waals surface area (Å²) in [5, 5.41) is 4.24. The molecule has 1 N–H and O–H groups in total. The molecule has 0 radical (unpaired) electrons. The SMILES string of the molecule is CNC1CCN(c2cc(C)ccc2Cl)C(C)C1. The molecule has 1 heterocycles. The Labute approximate surface area is 109 Å². The molecule has 17 heavy (non-hydrogen) atoms. The van der Waals surface area contributed by atoms with Crippen molar-refractivity contribution < 1.29 is 0 Å². The lowest BCUT2D eigenvalue weighted by Gasteiger charge is -2.39. The molecule has 0 bridgehead atoms. The van der Waals surface area contributed by atoms with Crippen LogP contribution in [0.5, 0.6) is 0 Å². The van der Waals surface area contributed by atoms with E-state index in [2.05, 4.69) is 36.2 Å². The molecule has 2 nitrogen and oxygen atoms in total. The van der Waals surface area contributed by atoms with Gasteiger partial charge in [-0.1, -0.05) is 17.7 Å². The van der Waals surface area contributed by atoms with Gasteiger partial charge in [0.1, 0.15) is 0 Å². The number of benzene rings is 1. The third kappa shape index (κ3) is 2.75. The first-order chi connectivity index (χ1) is 8.11. The molecule has 0 amide bonds. The minimum Gasteiger partial charge on any atom is -0.367 e. The molecule has 1 aromatic carbocycles. The summed E-state index contributed by atoms with van der Waals surface area (Å²) < 4.78 is 0.